The molecule has 0 aliphatic rings. The molecule has 0 aromatic heterocycles. The molecule has 0 radical (unpaired) electrons. The molecule has 25 heavy (non-hydrogen) atoms. The molecule has 1 atom stereocenters. The lowest BCUT2D eigenvalue weighted by Gasteiger charge is -2.12. The van der Waals surface area contributed by atoms with E-state index in [4.69, 9.17) is 16.3 Å². The number of aryl methyl sites for hydroxylation is 1. The molecule has 134 valence electrons. The Labute approximate surface area is 159 Å². The molecule has 0 unspecified atom stereocenters. The molecule has 0 bridgehead atoms. The van der Waals surface area contributed by atoms with E-state index in [1.165, 1.54) is 17.3 Å². The van der Waals surface area contributed by atoms with E-state index in [0.29, 0.717) is 18.2 Å². The third-order valence-corrected chi connectivity index (χ3v) is 5.04. The Morgan fingerprint density at radius 1 is 1.16 bits per heavy atom. The number of amides is 1. The topological polar surface area (TPSA) is 38.3 Å². The van der Waals surface area contributed by atoms with Crippen LogP contribution in [0.15, 0.2) is 53.4 Å². The molecular weight excluding hydrogens is 354 g/mol. The molecule has 5 heteroatoms. The van der Waals surface area contributed by atoms with Crippen molar-refractivity contribution in [3.05, 3.63) is 59.1 Å². The van der Waals surface area contributed by atoms with Crippen molar-refractivity contribution in [2.75, 3.05) is 13.2 Å². The van der Waals surface area contributed by atoms with Gasteiger partial charge in [-0.15, -0.1) is 11.8 Å². The van der Waals surface area contributed by atoms with Gasteiger partial charge in [0.25, 0.3) is 0 Å². The fourth-order valence-corrected chi connectivity index (χ4v) is 3.36. The summed E-state index contributed by atoms with van der Waals surface area (Å²) in [5, 5.41) is 3.58. The van der Waals surface area contributed by atoms with Crippen LogP contribution in [0.25, 0.3) is 0 Å². The normalized spacial score (nSPS) is 11.8. The van der Waals surface area contributed by atoms with E-state index >= 15 is 0 Å². The highest BCUT2D eigenvalue weighted by Gasteiger charge is 2.13. The smallest absolute Gasteiger partial charge is 0.233 e. The first kappa shape index (κ1) is 19.7. The van der Waals surface area contributed by atoms with Gasteiger partial charge in [-0.2, -0.15) is 0 Å². The van der Waals surface area contributed by atoms with Gasteiger partial charge in [-0.25, -0.2) is 0 Å². The van der Waals surface area contributed by atoms with Gasteiger partial charge < -0.3 is 10.1 Å². The van der Waals surface area contributed by atoms with E-state index in [1.54, 1.807) is 0 Å². The van der Waals surface area contributed by atoms with Crippen LogP contribution in [-0.4, -0.2) is 24.3 Å². The van der Waals surface area contributed by atoms with Crippen molar-refractivity contribution >= 4 is 29.3 Å². The molecule has 0 aliphatic carbocycles. The van der Waals surface area contributed by atoms with Crippen LogP contribution in [0.3, 0.4) is 0 Å². The second-order valence-electron chi connectivity index (χ2n) is 5.69. The van der Waals surface area contributed by atoms with Gasteiger partial charge in [0.1, 0.15) is 5.75 Å². The van der Waals surface area contributed by atoms with Crippen LogP contribution < -0.4 is 10.1 Å². The predicted octanol–water partition coefficient (Wildman–Crippen LogP) is 4.97. The van der Waals surface area contributed by atoms with Gasteiger partial charge in [0.15, 0.2) is 0 Å². The highest BCUT2D eigenvalue weighted by Crippen LogP contribution is 2.24. The standard InChI is InChI=1S/C20H24ClNO2S/c1-3-24-18-10-6-16(7-11-18)5-4-14-22-20(23)15(2)25-19-12-8-17(21)9-13-19/h6-13,15H,3-5,14H2,1-2H3,(H,22,23)/t15-/m0/s1. The van der Waals surface area contributed by atoms with Crippen LogP contribution in [0.5, 0.6) is 5.75 Å². The molecule has 2 aromatic rings. The molecule has 1 N–H and O–H groups in total. The summed E-state index contributed by atoms with van der Waals surface area (Å²) in [7, 11) is 0. The zero-order valence-electron chi connectivity index (χ0n) is 14.6. The van der Waals surface area contributed by atoms with Gasteiger partial charge in [0.2, 0.25) is 5.91 Å². The minimum absolute atomic E-state index is 0.0617. The second-order valence-corrected chi connectivity index (χ2v) is 7.54. The van der Waals surface area contributed by atoms with Gasteiger partial charge in [0, 0.05) is 16.5 Å². The summed E-state index contributed by atoms with van der Waals surface area (Å²) in [6, 6.07) is 15.7. The number of thioether (sulfide) groups is 1. The van der Waals surface area contributed by atoms with E-state index in [-0.39, 0.29) is 11.2 Å². The quantitative estimate of drug-likeness (QED) is 0.495. The fraction of sp³-hybridized carbons (Fsp3) is 0.350. The number of nitrogens with one attached hydrogen (secondary N) is 1. The fourth-order valence-electron chi connectivity index (χ4n) is 2.34. The SMILES string of the molecule is CCOc1ccc(CCCNC(=O)[C@H](C)Sc2ccc(Cl)cc2)cc1. The zero-order chi connectivity index (χ0) is 18.1. The van der Waals surface area contributed by atoms with Crippen LogP contribution in [0, 0.1) is 0 Å². The van der Waals surface area contributed by atoms with Gasteiger partial charge in [-0.05, 0) is 68.7 Å². The number of benzene rings is 2. The Kier molecular flexibility index (Phi) is 8.16. The summed E-state index contributed by atoms with van der Waals surface area (Å²) in [6.45, 7) is 5.25. The van der Waals surface area contributed by atoms with Gasteiger partial charge in [-0.3, -0.25) is 4.79 Å². The Morgan fingerprint density at radius 3 is 2.48 bits per heavy atom. The largest absolute Gasteiger partial charge is 0.494 e. The summed E-state index contributed by atoms with van der Waals surface area (Å²) in [4.78, 5) is 13.2. The van der Waals surface area contributed by atoms with Crippen LogP contribution in [-0.2, 0) is 11.2 Å². The van der Waals surface area contributed by atoms with Crippen molar-refractivity contribution in [1.29, 1.82) is 0 Å². The molecule has 2 aromatic carbocycles. The molecule has 0 spiro atoms. The molecule has 0 saturated heterocycles. The first-order chi connectivity index (χ1) is 12.1. The molecule has 0 fully saturated rings. The maximum Gasteiger partial charge on any atom is 0.233 e. The van der Waals surface area contributed by atoms with E-state index in [0.717, 1.165) is 23.5 Å². The minimum Gasteiger partial charge on any atom is -0.494 e. The maximum absolute atomic E-state index is 12.2. The minimum atomic E-state index is -0.133. The number of rotatable bonds is 9. The van der Waals surface area contributed by atoms with Crippen LogP contribution in [0.1, 0.15) is 25.8 Å². The lowest BCUT2D eigenvalue weighted by molar-refractivity contribution is -0.120. The Balaban J connectivity index is 1.68. The Hall–Kier alpha value is -1.65. The average molecular weight is 378 g/mol. The van der Waals surface area contributed by atoms with E-state index in [2.05, 4.69) is 17.4 Å². The summed E-state index contributed by atoms with van der Waals surface area (Å²) < 4.78 is 5.43. The lowest BCUT2D eigenvalue weighted by Crippen LogP contribution is -2.31. The molecular formula is C20H24ClNO2S. The monoisotopic (exact) mass is 377 g/mol. The van der Waals surface area contributed by atoms with Gasteiger partial charge in [-0.1, -0.05) is 23.7 Å². The van der Waals surface area contributed by atoms with Gasteiger partial charge in [0.05, 0.1) is 11.9 Å². The lowest BCUT2D eigenvalue weighted by atomic mass is 10.1. The van der Waals surface area contributed by atoms with E-state index < -0.39 is 0 Å². The van der Waals surface area contributed by atoms with Crippen LogP contribution in [0.4, 0.5) is 0 Å². The van der Waals surface area contributed by atoms with Gasteiger partial charge >= 0.3 is 0 Å². The molecule has 3 nitrogen and oxygen atoms in total. The Morgan fingerprint density at radius 2 is 1.84 bits per heavy atom. The number of ether oxygens (including phenoxy) is 1. The highest BCUT2D eigenvalue weighted by molar-refractivity contribution is 8.00. The number of halogens is 1. The number of hydrogen-bond acceptors (Lipinski definition) is 3. The first-order valence-electron chi connectivity index (χ1n) is 8.50. The van der Waals surface area contributed by atoms with E-state index in [9.17, 15) is 4.79 Å². The molecule has 0 heterocycles. The summed E-state index contributed by atoms with van der Waals surface area (Å²) >= 11 is 7.41. The number of hydrogen-bond donors (Lipinski definition) is 1. The van der Waals surface area contributed by atoms with E-state index in [1.807, 2.05) is 50.2 Å². The maximum atomic E-state index is 12.2. The molecule has 0 aliphatic heterocycles. The summed E-state index contributed by atoms with van der Waals surface area (Å²) in [6.07, 6.45) is 1.85. The third kappa shape index (κ3) is 7.00. The molecule has 0 saturated carbocycles. The highest BCUT2D eigenvalue weighted by atomic mass is 35.5. The van der Waals surface area contributed by atoms with Crippen molar-refractivity contribution in [3.8, 4) is 5.75 Å². The van der Waals surface area contributed by atoms with Crippen molar-refractivity contribution in [1.82, 2.24) is 5.32 Å². The van der Waals surface area contributed by atoms with Crippen LogP contribution in [0.2, 0.25) is 5.02 Å². The van der Waals surface area contributed by atoms with Crippen molar-refractivity contribution in [3.63, 3.8) is 0 Å². The van der Waals surface area contributed by atoms with Crippen molar-refractivity contribution in [2.24, 2.45) is 0 Å². The average Bonchev–Trinajstić information content (AvgIpc) is 2.62. The first-order valence-corrected chi connectivity index (χ1v) is 9.76. The third-order valence-electron chi connectivity index (χ3n) is 3.67. The van der Waals surface area contributed by atoms with Crippen molar-refractivity contribution in [2.45, 2.75) is 36.8 Å². The molecule has 2 rings (SSSR count). The Bertz CT molecular complexity index is 658. The number of carbonyl (C=O) groups excluding carboxylic acids is 1. The summed E-state index contributed by atoms with van der Waals surface area (Å²) in [5.41, 5.74) is 1.25. The second kappa shape index (κ2) is 10.4. The van der Waals surface area contributed by atoms with Crippen molar-refractivity contribution < 1.29 is 9.53 Å². The predicted molar refractivity (Wildman–Crippen MR) is 106 cm³/mol. The molecule has 1 amide bonds. The number of carbonyl (C=O) groups is 1. The zero-order valence-corrected chi connectivity index (χ0v) is 16.2. The van der Waals surface area contributed by atoms with Crippen LogP contribution >= 0.6 is 23.4 Å². The summed E-state index contributed by atoms with van der Waals surface area (Å²) in [5.74, 6) is 0.958.